The summed E-state index contributed by atoms with van der Waals surface area (Å²) in [7, 11) is 0. The number of carbonyl (C=O) groups is 1. The molecule has 0 saturated carbocycles. The smallest absolute Gasteiger partial charge is 0.387 e. The number of amides is 1. The third kappa shape index (κ3) is 4.01. The number of hydrogen-bond donors (Lipinski definition) is 2. The molecule has 4 rings (SSSR count). The molecule has 4 aromatic rings. The lowest BCUT2D eigenvalue weighted by Gasteiger charge is -2.07. The molecule has 0 atom stereocenters. The molecule has 7 nitrogen and oxygen atoms in total. The third-order valence-corrected chi connectivity index (χ3v) is 4.64. The molecule has 142 valence electrons. The van der Waals surface area contributed by atoms with Crippen LogP contribution in [0.1, 0.15) is 0 Å². The second-order valence-corrected chi connectivity index (χ2v) is 6.64. The van der Waals surface area contributed by atoms with Gasteiger partial charge in [0.1, 0.15) is 11.3 Å². The van der Waals surface area contributed by atoms with Crippen molar-refractivity contribution in [1.29, 1.82) is 0 Å². The Kier molecular flexibility index (Phi) is 5.02. The minimum absolute atomic E-state index is 0.0217. The van der Waals surface area contributed by atoms with Crippen molar-refractivity contribution in [2.75, 3.05) is 11.1 Å². The molecule has 2 N–H and O–H groups in total. The first-order chi connectivity index (χ1) is 13.6. The van der Waals surface area contributed by atoms with Gasteiger partial charge in [0.15, 0.2) is 5.65 Å². The Morgan fingerprint density at radius 3 is 2.71 bits per heavy atom. The highest BCUT2D eigenvalue weighted by Crippen LogP contribution is 2.23. The van der Waals surface area contributed by atoms with E-state index in [-0.39, 0.29) is 17.4 Å². The number of aromatic amines is 1. The molecule has 2 aromatic carbocycles. The van der Waals surface area contributed by atoms with Crippen LogP contribution in [0.3, 0.4) is 0 Å². The Bertz CT molecular complexity index is 1130. The number of rotatable bonds is 6. The summed E-state index contributed by atoms with van der Waals surface area (Å²) in [4.78, 5) is 19.7. The van der Waals surface area contributed by atoms with Gasteiger partial charge < -0.3 is 15.0 Å². The molecule has 0 saturated heterocycles. The number of benzene rings is 2. The van der Waals surface area contributed by atoms with Crippen LogP contribution in [0, 0.1) is 0 Å². The molecular weight excluding hydrogens is 388 g/mol. The molecule has 0 unspecified atom stereocenters. The number of aromatic nitrogens is 4. The molecule has 0 fully saturated rings. The Balaban J connectivity index is 1.38. The van der Waals surface area contributed by atoms with E-state index in [0.29, 0.717) is 22.0 Å². The number of nitrogens with one attached hydrogen (secondary N) is 2. The van der Waals surface area contributed by atoms with Crippen molar-refractivity contribution in [1.82, 2.24) is 20.2 Å². The topological polar surface area (TPSA) is 92.8 Å². The number of thioether (sulfide) groups is 1. The summed E-state index contributed by atoms with van der Waals surface area (Å²) in [6.07, 6.45) is 0. The maximum Gasteiger partial charge on any atom is 0.387 e. The fraction of sp³-hybridized carbons (Fsp3) is 0.111. The van der Waals surface area contributed by atoms with E-state index in [2.05, 4.69) is 30.2 Å². The van der Waals surface area contributed by atoms with E-state index in [0.717, 1.165) is 22.7 Å². The average Bonchev–Trinajstić information content (AvgIpc) is 3.05. The van der Waals surface area contributed by atoms with Crippen LogP contribution in [0.5, 0.6) is 5.75 Å². The molecule has 2 aromatic heterocycles. The highest BCUT2D eigenvalue weighted by atomic mass is 32.2. The maximum absolute atomic E-state index is 12.1. The molecule has 0 aliphatic carbocycles. The van der Waals surface area contributed by atoms with Gasteiger partial charge in [-0.25, -0.2) is 4.98 Å². The first-order valence-electron chi connectivity index (χ1n) is 8.17. The number of alkyl halides is 2. The minimum Gasteiger partial charge on any atom is -0.435 e. The van der Waals surface area contributed by atoms with E-state index in [9.17, 15) is 13.6 Å². The highest BCUT2D eigenvalue weighted by Gasteiger charge is 2.11. The van der Waals surface area contributed by atoms with Crippen LogP contribution in [-0.4, -0.2) is 38.4 Å². The van der Waals surface area contributed by atoms with Gasteiger partial charge in [0.2, 0.25) is 11.1 Å². The van der Waals surface area contributed by atoms with E-state index < -0.39 is 6.61 Å². The predicted molar refractivity (Wildman–Crippen MR) is 102 cm³/mol. The number of halogens is 2. The molecule has 0 bridgehead atoms. The summed E-state index contributed by atoms with van der Waals surface area (Å²) < 4.78 is 28.5. The summed E-state index contributed by atoms with van der Waals surface area (Å²) in [6, 6.07) is 13.4. The molecule has 0 spiro atoms. The van der Waals surface area contributed by atoms with Crippen molar-refractivity contribution < 1.29 is 18.3 Å². The second kappa shape index (κ2) is 7.77. The van der Waals surface area contributed by atoms with Gasteiger partial charge in [0, 0.05) is 16.6 Å². The van der Waals surface area contributed by atoms with E-state index in [1.165, 1.54) is 24.3 Å². The molecular formula is C18H13F2N5O2S. The first-order valence-corrected chi connectivity index (χ1v) is 9.16. The summed E-state index contributed by atoms with van der Waals surface area (Å²) >= 11 is 1.14. The lowest BCUT2D eigenvalue weighted by Crippen LogP contribution is -2.14. The number of H-pyrrole nitrogens is 1. The molecule has 28 heavy (non-hydrogen) atoms. The number of ether oxygens (including phenoxy) is 1. The van der Waals surface area contributed by atoms with Crippen molar-refractivity contribution >= 4 is 45.4 Å². The first kappa shape index (κ1) is 18.1. The third-order valence-electron chi connectivity index (χ3n) is 3.80. The number of carbonyl (C=O) groups excluding carboxylic acids is 1. The fourth-order valence-electron chi connectivity index (χ4n) is 2.61. The van der Waals surface area contributed by atoms with Crippen LogP contribution in [0.15, 0.2) is 53.7 Å². The van der Waals surface area contributed by atoms with Crippen molar-refractivity contribution in [3.63, 3.8) is 0 Å². The van der Waals surface area contributed by atoms with Crippen molar-refractivity contribution in [3.05, 3.63) is 48.5 Å². The van der Waals surface area contributed by atoms with Crippen LogP contribution in [0.4, 0.5) is 14.5 Å². The van der Waals surface area contributed by atoms with Crippen molar-refractivity contribution in [2.24, 2.45) is 0 Å². The Hall–Kier alpha value is -3.27. The van der Waals surface area contributed by atoms with Gasteiger partial charge >= 0.3 is 6.61 Å². The van der Waals surface area contributed by atoms with Crippen LogP contribution in [0.2, 0.25) is 0 Å². The average molecular weight is 401 g/mol. The van der Waals surface area contributed by atoms with Gasteiger partial charge in [-0.2, -0.15) is 8.78 Å². The Labute approximate surface area is 161 Å². The van der Waals surface area contributed by atoms with Gasteiger partial charge in [-0.1, -0.05) is 30.0 Å². The monoisotopic (exact) mass is 401 g/mol. The van der Waals surface area contributed by atoms with Crippen LogP contribution in [-0.2, 0) is 4.79 Å². The zero-order chi connectivity index (χ0) is 19.5. The van der Waals surface area contributed by atoms with Crippen LogP contribution >= 0.6 is 11.8 Å². The van der Waals surface area contributed by atoms with E-state index in [4.69, 9.17) is 0 Å². The number of para-hydroxylation sites is 1. The van der Waals surface area contributed by atoms with E-state index in [1.54, 1.807) is 0 Å². The fourth-order valence-corrected chi connectivity index (χ4v) is 3.20. The predicted octanol–water partition coefficient (Wildman–Crippen LogP) is 3.84. The van der Waals surface area contributed by atoms with Gasteiger partial charge in [0.05, 0.1) is 5.75 Å². The van der Waals surface area contributed by atoms with Crippen LogP contribution < -0.4 is 10.1 Å². The van der Waals surface area contributed by atoms with Gasteiger partial charge in [-0.05, 0) is 30.3 Å². The van der Waals surface area contributed by atoms with Gasteiger partial charge in [-0.15, -0.1) is 10.2 Å². The van der Waals surface area contributed by atoms with E-state index >= 15 is 0 Å². The number of hydrogen-bond acceptors (Lipinski definition) is 6. The van der Waals surface area contributed by atoms with Crippen LogP contribution in [0.25, 0.3) is 22.1 Å². The largest absolute Gasteiger partial charge is 0.435 e. The zero-order valence-electron chi connectivity index (χ0n) is 14.2. The lowest BCUT2D eigenvalue weighted by atomic mass is 10.2. The Morgan fingerprint density at radius 2 is 1.93 bits per heavy atom. The lowest BCUT2D eigenvalue weighted by molar-refractivity contribution is -0.113. The SMILES string of the molecule is O=C(CSc1nnc2c(n1)[nH]c1ccccc12)Nc1ccc(OC(F)F)cc1. The number of nitrogens with zero attached hydrogens (tertiary/aromatic N) is 3. The second-order valence-electron chi connectivity index (χ2n) is 5.70. The maximum atomic E-state index is 12.1. The normalized spacial score (nSPS) is 11.2. The molecule has 10 heteroatoms. The van der Waals surface area contributed by atoms with Gasteiger partial charge in [0.25, 0.3) is 0 Å². The van der Waals surface area contributed by atoms with Crippen molar-refractivity contribution in [3.8, 4) is 5.75 Å². The summed E-state index contributed by atoms with van der Waals surface area (Å²) in [5, 5.41) is 12.2. The van der Waals surface area contributed by atoms with Gasteiger partial charge in [-0.3, -0.25) is 4.79 Å². The molecule has 1 amide bonds. The summed E-state index contributed by atoms with van der Waals surface area (Å²) in [5.74, 6) is -0.191. The standard InChI is InChI=1S/C18H13F2N5O2S/c19-17(20)27-11-7-5-10(6-8-11)21-14(26)9-28-18-23-16-15(24-25-18)12-3-1-2-4-13(12)22-16/h1-8,17H,9H2,(H,21,26)(H,22,23,25). The summed E-state index contributed by atoms with van der Waals surface area (Å²) in [6.45, 7) is -2.89. The minimum atomic E-state index is -2.89. The molecule has 0 aliphatic rings. The number of anilines is 1. The quantitative estimate of drug-likeness (QED) is 0.477. The van der Waals surface area contributed by atoms with E-state index in [1.807, 2.05) is 24.3 Å². The summed E-state index contributed by atoms with van der Waals surface area (Å²) in [5.41, 5.74) is 2.67. The van der Waals surface area contributed by atoms with Crippen molar-refractivity contribution in [2.45, 2.75) is 11.8 Å². The zero-order valence-corrected chi connectivity index (χ0v) is 15.0. The molecule has 0 aliphatic heterocycles. The number of fused-ring (bicyclic) bond motifs is 3. The molecule has 0 radical (unpaired) electrons. The highest BCUT2D eigenvalue weighted by molar-refractivity contribution is 7.99. The molecule has 2 heterocycles. The Morgan fingerprint density at radius 1 is 1.14 bits per heavy atom.